The number of nitrogens with zero attached hydrogens (tertiary/aromatic N) is 2. The molecule has 2 rings (SSSR count). The molecule has 2 unspecified atom stereocenters. The highest BCUT2D eigenvalue weighted by atomic mass is 32.2. The molecule has 0 saturated carbocycles. The molecule has 1 aliphatic rings. The maximum absolute atomic E-state index is 12.8. The van der Waals surface area contributed by atoms with Crippen LogP contribution in [0, 0.1) is 6.92 Å². The first kappa shape index (κ1) is 15.5. The van der Waals surface area contributed by atoms with Gasteiger partial charge in [-0.05, 0) is 33.1 Å². The molecule has 20 heavy (non-hydrogen) atoms. The number of rotatable bonds is 4. The SMILES string of the molecule is Cc1[nH]ncc1S(=O)(=O)N1CCCCCC1CC(C)O. The Labute approximate surface area is 120 Å². The third-order valence-corrected chi connectivity index (χ3v) is 5.87. The molecule has 114 valence electrons. The van der Waals surface area contributed by atoms with Crippen molar-refractivity contribution in [3.63, 3.8) is 0 Å². The van der Waals surface area contributed by atoms with E-state index in [0.29, 0.717) is 18.7 Å². The molecule has 2 heterocycles. The van der Waals surface area contributed by atoms with Gasteiger partial charge in [-0.25, -0.2) is 8.42 Å². The molecule has 6 nitrogen and oxygen atoms in total. The van der Waals surface area contributed by atoms with Crippen LogP contribution >= 0.6 is 0 Å². The minimum Gasteiger partial charge on any atom is -0.393 e. The molecule has 2 N–H and O–H groups in total. The molecule has 0 radical (unpaired) electrons. The van der Waals surface area contributed by atoms with E-state index in [1.54, 1.807) is 18.2 Å². The lowest BCUT2D eigenvalue weighted by molar-refractivity contribution is 0.147. The van der Waals surface area contributed by atoms with Crippen LogP contribution < -0.4 is 0 Å². The van der Waals surface area contributed by atoms with Gasteiger partial charge in [0.1, 0.15) is 4.90 Å². The molecular formula is C13H23N3O3S. The van der Waals surface area contributed by atoms with Crippen molar-refractivity contribution < 1.29 is 13.5 Å². The van der Waals surface area contributed by atoms with Crippen LogP contribution in [0.1, 0.15) is 44.7 Å². The second kappa shape index (κ2) is 6.24. The predicted octanol–water partition coefficient (Wildman–Crippen LogP) is 1.42. The van der Waals surface area contributed by atoms with Crippen LogP contribution in [0.2, 0.25) is 0 Å². The summed E-state index contributed by atoms with van der Waals surface area (Å²) in [7, 11) is -3.54. The van der Waals surface area contributed by atoms with E-state index >= 15 is 0 Å². The fourth-order valence-corrected chi connectivity index (χ4v) is 4.65. The van der Waals surface area contributed by atoms with E-state index in [9.17, 15) is 13.5 Å². The number of aliphatic hydroxyl groups is 1. The number of aromatic amines is 1. The highest BCUT2D eigenvalue weighted by Gasteiger charge is 2.34. The van der Waals surface area contributed by atoms with Crippen LogP contribution in [0.4, 0.5) is 0 Å². The van der Waals surface area contributed by atoms with E-state index in [1.165, 1.54) is 6.20 Å². The van der Waals surface area contributed by atoms with E-state index in [4.69, 9.17) is 0 Å². The first-order valence-corrected chi connectivity index (χ1v) is 8.57. The van der Waals surface area contributed by atoms with E-state index in [0.717, 1.165) is 25.7 Å². The van der Waals surface area contributed by atoms with Crippen molar-refractivity contribution in [2.45, 2.75) is 63.0 Å². The number of H-pyrrole nitrogens is 1. The summed E-state index contributed by atoms with van der Waals surface area (Å²) in [6.45, 7) is 3.94. The summed E-state index contributed by atoms with van der Waals surface area (Å²) >= 11 is 0. The molecule has 1 aromatic rings. The second-order valence-corrected chi connectivity index (χ2v) is 7.42. The van der Waals surface area contributed by atoms with Crippen LogP contribution in [0.25, 0.3) is 0 Å². The summed E-state index contributed by atoms with van der Waals surface area (Å²) < 4.78 is 27.2. The Hall–Kier alpha value is -0.920. The predicted molar refractivity (Wildman–Crippen MR) is 75.8 cm³/mol. The molecule has 0 amide bonds. The smallest absolute Gasteiger partial charge is 0.246 e. The van der Waals surface area contributed by atoms with E-state index < -0.39 is 16.1 Å². The van der Waals surface area contributed by atoms with Crippen molar-refractivity contribution in [1.82, 2.24) is 14.5 Å². The Morgan fingerprint density at radius 3 is 2.85 bits per heavy atom. The summed E-state index contributed by atoms with van der Waals surface area (Å²) in [5.41, 5.74) is 0.560. The molecule has 1 aliphatic heterocycles. The van der Waals surface area contributed by atoms with Crippen molar-refractivity contribution in [2.75, 3.05) is 6.54 Å². The van der Waals surface area contributed by atoms with Gasteiger partial charge in [-0.3, -0.25) is 5.10 Å². The summed E-state index contributed by atoms with van der Waals surface area (Å²) in [6.07, 6.45) is 5.07. The number of sulfonamides is 1. The Morgan fingerprint density at radius 1 is 1.50 bits per heavy atom. The Bertz CT molecular complexity index is 539. The number of aryl methyl sites for hydroxylation is 1. The van der Waals surface area contributed by atoms with Gasteiger partial charge < -0.3 is 5.11 Å². The molecule has 1 aromatic heterocycles. The largest absolute Gasteiger partial charge is 0.393 e. The van der Waals surface area contributed by atoms with E-state index in [1.807, 2.05) is 0 Å². The summed E-state index contributed by atoms with van der Waals surface area (Å²) in [5, 5.41) is 16.1. The topological polar surface area (TPSA) is 86.3 Å². The number of aromatic nitrogens is 2. The Morgan fingerprint density at radius 2 is 2.25 bits per heavy atom. The summed E-state index contributed by atoms with van der Waals surface area (Å²) in [6, 6.07) is -0.128. The summed E-state index contributed by atoms with van der Waals surface area (Å²) in [5.74, 6) is 0. The fourth-order valence-electron chi connectivity index (χ4n) is 2.82. The van der Waals surface area contributed by atoms with E-state index in [2.05, 4.69) is 10.2 Å². The van der Waals surface area contributed by atoms with Crippen molar-refractivity contribution >= 4 is 10.0 Å². The first-order valence-electron chi connectivity index (χ1n) is 7.13. The lowest BCUT2D eigenvalue weighted by atomic mass is 10.1. The van der Waals surface area contributed by atoms with Crippen LogP contribution in [0.3, 0.4) is 0 Å². The quantitative estimate of drug-likeness (QED) is 0.880. The van der Waals surface area contributed by atoms with Crippen molar-refractivity contribution in [3.05, 3.63) is 11.9 Å². The maximum Gasteiger partial charge on any atom is 0.246 e. The lowest BCUT2D eigenvalue weighted by Gasteiger charge is -2.29. The molecular weight excluding hydrogens is 278 g/mol. The zero-order valence-electron chi connectivity index (χ0n) is 12.0. The van der Waals surface area contributed by atoms with E-state index in [-0.39, 0.29) is 10.9 Å². The normalized spacial score (nSPS) is 23.4. The van der Waals surface area contributed by atoms with Gasteiger partial charge in [0.15, 0.2) is 0 Å². The van der Waals surface area contributed by atoms with Gasteiger partial charge in [-0.15, -0.1) is 0 Å². The number of hydrogen-bond acceptors (Lipinski definition) is 4. The maximum atomic E-state index is 12.8. The van der Waals surface area contributed by atoms with Gasteiger partial charge in [-0.1, -0.05) is 12.8 Å². The van der Waals surface area contributed by atoms with Crippen LogP contribution in [0.15, 0.2) is 11.1 Å². The minimum absolute atomic E-state index is 0.128. The monoisotopic (exact) mass is 301 g/mol. The summed E-state index contributed by atoms with van der Waals surface area (Å²) in [4.78, 5) is 0.245. The molecule has 0 aliphatic carbocycles. The number of nitrogens with one attached hydrogen (secondary N) is 1. The van der Waals surface area contributed by atoms with Gasteiger partial charge >= 0.3 is 0 Å². The Balaban J connectivity index is 2.32. The third kappa shape index (κ3) is 3.21. The standard InChI is InChI=1S/C13H23N3O3S/c1-10(17)8-12-6-4-3-5-7-16(12)20(18,19)13-9-14-15-11(13)2/h9-10,12,17H,3-8H2,1-2H3,(H,14,15). The average molecular weight is 301 g/mol. The van der Waals surface area contributed by atoms with Gasteiger partial charge in [0, 0.05) is 12.6 Å². The highest BCUT2D eigenvalue weighted by molar-refractivity contribution is 7.89. The molecule has 1 fully saturated rings. The molecule has 0 aromatic carbocycles. The first-order chi connectivity index (χ1) is 9.43. The zero-order valence-corrected chi connectivity index (χ0v) is 12.9. The van der Waals surface area contributed by atoms with Crippen LogP contribution in [-0.2, 0) is 10.0 Å². The number of aliphatic hydroxyl groups excluding tert-OH is 1. The molecule has 0 spiro atoms. The van der Waals surface area contributed by atoms with Crippen molar-refractivity contribution in [2.24, 2.45) is 0 Å². The fraction of sp³-hybridized carbons (Fsp3) is 0.769. The molecule has 1 saturated heterocycles. The van der Waals surface area contributed by atoms with Gasteiger partial charge in [-0.2, -0.15) is 9.40 Å². The van der Waals surface area contributed by atoms with Gasteiger partial charge in [0.05, 0.1) is 18.0 Å². The highest BCUT2D eigenvalue weighted by Crippen LogP contribution is 2.27. The average Bonchev–Trinajstić information content (AvgIpc) is 2.65. The third-order valence-electron chi connectivity index (χ3n) is 3.81. The second-order valence-electron chi connectivity index (χ2n) is 5.56. The van der Waals surface area contributed by atoms with Crippen molar-refractivity contribution in [1.29, 1.82) is 0 Å². The van der Waals surface area contributed by atoms with Crippen molar-refractivity contribution in [3.8, 4) is 0 Å². The molecule has 2 atom stereocenters. The van der Waals surface area contributed by atoms with Gasteiger partial charge in [0.2, 0.25) is 10.0 Å². The molecule has 0 bridgehead atoms. The lowest BCUT2D eigenvalue weighted by Crippen LogP contribution is -2.41. The van der Waals surface area contributed by atoms with Gasteiger partial charge in [0.25, 0.3) is 0 Å². The zero-order chi connectivity index (χ0) is 14.8. The van der Waals surface area contributed by atoms with Crippen LogP contribution in [-0.4, -0.2) is 46.7 Å². The number of hydrogen-bond donors (Lipinski definition) is 2. The minimum atomic E-state index is -3.54. The van der Waals surface area contributed by atoms with Crippen LogP contribution in [0.5, 0.6) is 0 Å². The molecule has 7 heteroatoms. The Kier molecular flexibility index (Phi) is 4.82.